The van der Waals surface area contributed by atoms with Gasteiger partial charge in [-0.3, -0.25) is 4.79 Å². The van der Waals surface area contributed by atoms with E-state index in [1.807, 2.05) is 58.9 Å². The maximum absolute atomic E-state index is 11.4. The maximum atomic E-state index is 11.4. The summed E-state index contributed by atoms with van der Waals surface area (Å²) in [4.78, 5) is 22.6. The molecule has 0 saturated carbocycles. The molecule has 0 fully saturated rings. The number of hydrogen-bond acceptors (Lipinski definition) is 2. The van der Waals surface area contributed by atoms with E-state index in [1.54, 1.807) is 0 Å². The van der Waals surface area contributed by atoms with Crippen molar-refractivity contribution in [2.45, 2.75) is 34.1 Å². The standard InChI is InChI=1S/C14H18N2O.C2H6.CH2O/c1-9(2)12(14(15)17)7-10-8-16-13-6-4-3-5-11(10)13;2*1-2/h3-6,8-9,12,16H,7H2,1-2H3,(H2,15,17);1-2H3;1H2. The van der Waals surface area contributed by atoms with Gasteiger partial charge < -0.3 is 15.5 Å². The van der Waals surface area contributed by atoms with E-state index in [0.29, 0.717) is 6.42 Å². The summed E-state index contributed by atoms with van der Waals surface area (Å²) in [5.74, 6) is -0.0550. The van der Waals surface area contributed by atoms with Crippen molar-refractivity contribution in [3.05, 3.63) is 36.0 Å². The van der Waals surface area contributed by atoms with Crippen molar-refractivity contribution in [2.75, 3.05) is 0 Å². The molecule has 1 aromatic heterocycles. The summed E-state index contributed by atoms with van der Waals surface area (Å²) in [5, 5.41) is 1.18. The smallest absolute Gasteiger partial charge is 0.221 e. The number of amides is 1. The molecule has 0 radical (unpaired) electrons. The first-order valence-electron chi connectivity index (χ1n) is 7.22. The zero-order valence-corrected chi connectivity index (χ0v) is 13.3. The number of aromatic amines is 1. The van der Waals surface area contributed by atoms with Crippen LogP contribution in [0.15, 0.2) is 30.5 Å². The molecule has 0 bridgehead atoms. The molecule has 1 aromatic carbocycles. The number of hydrogen-bond donors (Lipinski definition) is 2. The Balaban J connectivity index is 0.000000921. The van der Waals surface area contributed by atoms with Crippen LogP contribution >= 0.6 is 0 Å². The highest BCUT2D eigenvalue weighted by atomic mass is 16.1. The van der Waals surface area contributed by atoms with Crippen molar-refractivity contribution in [1.29, 1.82) is 0 Å². The molecule has 0 aliphatic heterocycles. The highest BCUT2D eigenvalue weighted by Gasteiger charge is 2.21. The first-order valence-corrected chi connectivity index (χ1v) is 7.22. The van der Waals surface area contributed by atoms with Gasteiger partial charge in [-0.15, -0.1) is 0 Å². The van der Waals surface area contributed by atoms with Gasteiger partial charge in [-0.1, -0.05) is 45.9 Å². The fourth-order valence-electron chi connectivity index (χ4n) is 2.20. The molecule has 1 unspecified atom stereocenters. The van der Waals surface area contributed by atoms with Gasteiger partial charge in [0, 0.05) is 23.0 Å². The molecular formula is C17H26N2O2. The van der Waals surface area contributed by atoms with Crippen LogP contribution < -0.4 is 5.73 Å². The number of nitrogens with one attached hydrogen (secondary N) is 1. The fourth-order valence-corrected chi connectivity index (χ4v) is 2.20. The number of carbonyl (C=O) groups is 2. The molecule has 1 amide bonds. The van der Waals surface area contributed by atoms with Gasteiger partial charge in [0.15, 0.2) is 0 Å². The summed E-state index contributed by atoms with van der Waals surface area (Å²) in [5.41, 5.74) is 7.72. The summed E-state index contributed by atoms with van der Waals surface area (Å²) < 4.78 is 0. The van der Waals surface area contributed by atoms with Gasteiger partial charge in [0.25, 0.3) is 0 Å². The highest BCUT2D eigenvalue weighted by Crippen LogP contribution is 2.23. The average Bonchev–Trinajstić information content (AvgIpc) is 2.91. The lowest BCUT2D eigenvalue weighted by Crippen LogP contribution is -2.29. The first kappa shape index (κ1) is 18.9. The van der Waals surface area contributed by atoms with Gasteiger partial charge >= 0.3 is 0 Å². The molecule has 0 spiro atoms. The van der Waals surface area contributed by atoms with Gasteiger partial charge in [-0.2, -0.15) is 0 Å². The van der Waals surface area contributed by atoms with Crippen LogP contribution in [0.25, 0.3) is 10.9 Å². The van der Waals surface area contributed by atoms with Crippen molar-refractivity contribution in [3.8, 4) is 0 Å². The molecule has 0 aliphatic rings. The SMILES string of the molecule is C=O.CC.CC(C)C(Cc1c[nH]c2ccccc12)C(N)=O. The quantitative estimate of drug-likeness (QED) is 0.906. The van der Waals surface area contributed by atoms with Crippen LogP contribution in [0, 0.1) is 11.8 Å². The number of primary amides is 1. The van der Waals surface area contributed by atoms with E-state index in [4.69, 9.17) is 10.5 Å². The molecule has 0 saturated heterocycles. The van der Waals surface area contributed by atoms with Crippen molar-refractivity contribution in [2.24, 2.45) is 17.6 Å². The topological polar surface area (TPSA) is 75.9 Å². The summed E-state index contributed by atoms with van der Waals surface area (Å²) in [6.45, 7) is 10.1. The second-order valence-electron chi connectivity index (χ2n) is 4.82. The van der Waals surface area contributed by atoms with Crippen molar-refractivity contribution >= 4 is 23.6 Å². The summed E-state index contributed by atoms with van der Waals surface area (Å²) in [7, 11) is 0. The summed E-state index contributed by atoms with van der Waals surface area (Å²) >= 11 is 0. The average molecular weight is 290 g/mol. The van der Waals surface area contributed by atoms with Crippen LogP contribution in [-0.2, 0) is 16.0 Å². The molecule has 3 N–H and O–H groups in total. The number of carbonyl (C=O) groups excluding carboxylic acids is 2. The predicted octanol–water partition coefficient (Wildman–Crippen LogP) is 3.31. The number of aromatic nitrogens is 1. The minimum atomic E-state index is -0.217. The zero-order valence-electron chi connectivity index (χ0n) is 13.3. The number of rotatable bonds is 4. The third-order valence-corrected chi connectivity index (χ3v) is 3.28. The van der Waals surface area contributed by atoms with E-state index in [2.05, 4.69) is 11.1 Å². The molecule has 4 nitrogen and oxygen atoms in total. The lowest BCUT2D eigenvalue weighted by Gasteiger charge is -2.16. The maximum Gasteiger partial charge on any atom is 0.221 e. The Bertz CT molecular complexity index is 546. The van der Waals surface area contributed by atoms with Crippen LogP contribution in [-0.4, -0.2) is 17.7 Å². The second-order valence-corrected chi connectivity index (χ2v) is 4.82. The van der Waals surface area contributed by atoms with E-state index in [9.17, 15) is 4.79 Å². The minimum Gasteiger partial charge on any atom is -0.369 e. The van der Waals surface area contributed by atoms with Crippen LogP contribution in [0.5, 0.6) is 0 Å². The van der Waals surface area contributed by atoms with Gasteiger partial charge in [-0.05, 0) is 24.0 Å². The van der Waals surface area contributed by atoms with Crippen LogP contribution in [0.1, 0.15) is 33.3 Å². The van der Waals surface area contributed by atoms with E-state index >= 15 is 0 Å². The highest BCUT2D eigenvalue weighted by molar-refractivity contribution is 5.84. The third-order valence-electron chi connectivity index (χ3n) is 3.28. The number of fused-ring (bicyclic) bond motifs is 1. The van der Waals surface area contributed by atoms with Gasteiger partial charge in [0.2, 0.25) is 5.91 Å². The Labute approximate surface area is 126 Å². The number of nitrogens with two attached hydrogens (primary N) is 1. The monoisotopic (exact) mass is 290 g/mol. The Morgan fingerprint density at radius 1 is 1.24 bits per heavy atom. The van der Waals surface area contributed by atoms with Crippen LogP contribution in [0.3, 0.4) is 0 Å². The lowest BCUT2D eigenvalue weighted by molar-refractivity contribution is -0.123. The molecule has 21 heavy (non-hydrogen) atoms. The molecule has 2 aromatic rings. The van der Waals surface area contributed by atoms with Crippen LogP contribution in [0.2, 0.25) is 0 Å². The molecule has 4 heteroatoms. The van der Waals surface area contributed by atoms with E-state index in [0.717, 1.165) is 11.1 Å². The number of H-pyrrole nitrogens is 1. The molecule has 116 valence electrons. The van der Waals surface area contributed by atoms with E-state index in [1.165, 1.54) is 5.39 Å². The van der Waals surface area contributed by atoms with Crippen molar-refractivity contribution in [3.63, 3.8) is 0 Å². The minimum absolute atomic E-state index is 0.103. The van der Waals surface area contributed by atoms with Gasteiger partial charge in [0.1, 0.15) is 6.79 Å². The second kappa shape index (κ2) is 9.75. The summed E-state index contributed by atoms with van der Waals surface area (Å²) in [6.07, 6.45) is 2.68. The Kier molecular flexibility index (Phi) is 8.77. The zero-order chi connectivity index (χ0) is 16.4. The van der Waals surface area contributed by atoms with Gasteiger partial charge in [-0.25, -0.2) is 0 Å². The van der Waals surface area contributed by atoms with Crippen LogP contribution in [0.4, 0.5) is 0 Å². The number of para-hydroxylation sites is 1. The molecular weight excluding hydrogens is 264 g/mol. The number of benzene rings is 1. The largest absolute Gasteiger partial charge is 0.369 e. The Hall–Kier alpha value is -2.10. The molecule has 1 atom stereocenters. The first-order chi connectivity index (χ1) is 10.1. The fraction of sp³-hybridized carbons (Fsp3) is 0.412. The van der Waals surface area contributed by atoms with Crippen molar-refractivity contribution in [1.82, 2.24) is 4.98 Å². The Morgan fingerprint density at radius 2 is 1.81 bits per heavy atom. The molecule has 0 aliphatic carbocycles. The summed E-state index contributed by atoms with van der Waals surface area (Å²) in [6, 6.07) is 8.11. The third kappa shape index (κ3) is 5.06. The van der Waals surface area contributed by atoms with Gasteiger partial charge in [0.05, 0.1) is 0 Å². The van der Waals surface area contributed by atoms with E-state index in [-0.39, 0.29) is 17.7 Å². The van der Waals surface area contributed by atoms with Crippen molar-refractivity contribution < 1.29 is 9.59 Å². The normalized spacial score (nSPS) is 11.1. The lowest BCUT2D eigenvalue weighted by atomic mass is 9.88. The molecule has 1 heterocycles. The van der Waals surface area contributed by atoms with E-state index < -0.39 is 0 Å². The molecule has 2 rings (SSSR count). The Morgan fingerprint density at radius 3 is 2.33 bits per heavy atom. The predicted molar refractivity (Wildman–Crippen MR) is 88.0 cm³/mol.